The maximum absolute atomic E-state index is 12.7. The molecule has 0 aromatic heterocycles. The van der Waals surface area contributed by atoms with E-state index in [4.69, 9.17) is 10.5 Å². The van der Waals surface area contributed by atoms with E-state index in [0.717, 1.165) is 0 Å². The molecule has 0 saturated heterocycles. The zero-order chi connectivity index (χ0) is 27.7. The van der Waals surface area contributed by atoms with Crippen LogP contribution >= 0.6 is 31.9 Å². The molecule has 5 N–H and O–H groups in total. The van der Waals surface area contributed by atoms with Crippen LogP contribution in [0.15, 0.2) is 87.8 Å². The van der Waals surface area contributed by atoms with Gasteiger partial charge in [-0.15, -0.1) is 0 Å². The number of nitrogens with two attached hydrogens (primary N) is 1. The van der Waals surface area contributed by atoms with Crippen LogP contribution in [0.2, 0.25) is 0 Å². The van der Waals surface area contributed by atoms with Crippen LogP contribution < -0.4 is 16.4 Å². The summed E-state index contributed by atoms with van der Waals surface area (Å²) in [5, 5.41) is 15.6. The summed E-state index contributed by atoms with van der Waals surface area (Å²) in [6.45, 7) is 1.85. The zero-order valence-corrected chi connectivity index (χ0v) is 23.7. The van der Waals surface area contributed by atoms with Gasteiger partial charge in [-0.1, -0.05) is 59.3 Å². The maximum Gasteiger partial charge on any atom is 0.414 e. The number of para-hydroxylation sites is 2. The van der Waals surface area contributed by atoms with E-state index in [1.165, 1.54) is 6.08 Å². The molecule has 0 fully saturated rings. The van der Waals surface area contributed by atoms with E-state index in [9.17, 15) is 19.5 Å². The summed E-state index contributed by atoms with van der Waals surface area (Å²) in [4.78, 5) is 37.3. The smallest absolute Gasteiger partial charge is 0.414 e. The highest BCUT2D eigenvalue weighted by Crippen LogP contribution is 2.40. The van der Waals surface area contributed by atoms with E-state index >= 15 is 0 Å². The van der Waals surface area contributed by atoms with Crippen molar-refractivity contribution in [2.45, 2.75) is 25.9 Å². The minimum atomic E-state index is -0.943. The first kappa shape index (κ1) is 28.9. The van der Waals surface area contributed by atoms with Crippen molar-refractivity contribution in [1.29, 1.82) is 0 Å². The van der Waals surface area contributed by atoms with Crippen LogP contribution in [0.1, 0.15) is 41.8 Å². The summed E-state index contributed by atoms with van der Waals surface area (Å²) < 4.78 is 6.74. The van der Waals surface area contributed by atoms with Crippen LogP contribution in [0.4, 0.5) is 16.2 Å². The molecule has 2 atom stereocenters. The normalized spacial score (nSPS) is 12.5. The first-order valence-electron chi connectivity index (χ1n) is 11.7. The number of anilines is 2. The zero-order valence-electron chi connectivity index (χ0n) is 20.5. The van der Waals surface area contributed by atoms with Crippen LogP contribution in [0.25, 0.3) is 0 Å². The number of phenolic OH excluding ortho intramolecular Hbond substituents is 1. The van der Waals surface area contributed by atoms with Crippen molar-refractivity contribution in [3.63, 3.8) is 0 Å². The summed E-state index contributed by atoms with van der Waals surface area (Å²) >= 11 is 6.71. The third kappa shape index (κ3) is 8.19. The lowest BCUT2D eigenvalue weighted by Crippen LogP contribution is -2.33. The molecule has 38 heavy (non-hydrogen) atoms. The number of benzene rings is 3. The van der Waals surface area contributed by atoms with E-state index in [0.29, 0.717) is 44.3 Å². The largest absolute Gasteiger partial charge is 0.506 e. The molecule has 0 saturated carbocycles. The van der Waals surface area contributed by atoms with Crippen molar-refractivity contribution >= 4 is 61.1 Å². The maximum atomic E-state index is 12.7. The molecule has 0 aliphatic carbocycles. The van der Waals surface area contributed by atoms with Crippen LogP contribution in [0.5, 0.6) is 5.75 Å². The second-order valence-electron chi connectivity index (χ2n) is 8.51. The molecule has 0 bridgehead atoms. The lowest BCUT2D eigenvalue weighted by atomic mass is 9.92. The van der Waals surface area contributed by atoms with Crippen molar-refractivity contribution in [2.24, 2.45) is 5.92 Å². The van der Waals surface area contributed by atoms with Gasteiger partial charge in [-0.25, -0.2) is 4.79 Å². The number of carbonyl (C=O) groups is 3. The topological polar surface area (TPSA) is 131 Å². The number of nitrogen functional groups attached to an aromatic ring is 1. The Morgan fingerprint density at radius 1 is 1.05 bits per heavy atom. The molecule has 198 valence electrons. The first-order chi connectivity index (χ1) is 18.2. The summed E-state index contributed by atoms with van der Waals surface area (Å²) in [6.07, 6.45) is 2.27. The van der Waals surface area contributed by atoms with Crippen molar-refractivity contribution in [2.75, 3.05) is 11.1 Å². The molecule has 3 rings (SSSR count). The van der Waals surface area contributed by atoms with E-state index < -0.39 is 18.1 Å². The quantitative estimate of drug-likeness (QED) is 0.151. The van der Waals surface area contributed by atoms with Crippen molar-refractivity contribution in [3.8, 4) is 5.75 Å². The molecule has 0 unspecified atom stereocenters. The molecule has 0 aliphatic rings. The van der Waals surface area contributed by atoms with Gasteiger partial charge in [0, 0.05) is 15.6 Å². The number of imide groups is 1. The SMILES string of the molecule is C[C@@H](CC/C=C/C(=O)Nc1ccccc1N)[C@H](OC(=O)NC(=O)c1ccccc1)c1cc(Br)cc(Br)c1O. The van der Waals surface area contributed by atoms with Crippen molar-refractivity contribution < 1.29 is 24.2 Å². The Labute approximate surface area is 237 Å². The fraction of sp³-hybridized carbons (Fsp3) is 0.179. The van der Waals surface area contributed by atoms with Crippen LogP contribution in [0, 0.1) is 5.92 Å². The molecule has 10 heteroatoms. The van der Waals surface area contributed by atoms with Gasteiger partial charge in [0.2, 0.25) is 5.91 Å². The molecule has 0 aliphatic heterocycles. The van der Waals surface area contributed by atoms with Crippen LogP contribution in [-0.4, -0.2) is 23.0 Å². The highest BCUT2D eigenvalue weighted by Gasteiger charge is 2.28. The van der Waals surface area contributed by atoms with Gasteiger partial charge in [-0.05, 0) is 77.2 Å². The number of amides is 3. The Morgan fingerprint density at radius 2 is 1.74 bits per heavy atom. The summed E-state index contributed by atoms with van der Waals surface area (Å²) in [5.74, 6) is -1.30. The Balaban J connectivity index is 1.69. The lowest BCUT2D eigenvalue weighted by molar-refractivity contribution is -0.111. The molecule has 0 heterocycles. The molecule has 3 aromatic rings. The van der Waals surface area contributed by atoms with E-state index in [1.807, 2.05) is 6.92 Å². The minimum Gasteiger partial charge on any atom is -0.506 e. The standard InChI is InChI=1S/C28H27Br2N3O5/c1-17(9-5-8-14-24(34)32-23-13-7-6-12-22(23)31)26(20-15-19(29)16-21(30)25(20)35)38-28(37)33-27(36)18-10-3-2-4-11-18/h2-4,6-8,10-17,26,35H,5,9,31H2,1H3,(H,32,34)(H,33,36,37)/b14-8+/t17-,26-/m0/s1. The monoisotopic (exact) mass is 643 g/mol. The van der Waals surface area contributed by atoms with Gasteiger partial charge in [-0.3, -0.25) is 14.9 Å². The third-order valence-corrected chi connectivity index (χ3v) is 6.71. The number of alkyl carbamates (subject to hydrolysis) is 1. The summed E-state index contributed by atoms with van der Waals surface area (Å²) in [7, 11) is 0. The molecule has 3 amide bonds. The molecule has 3 aromatic carbocycles. The number of hydrogen-bond donors (Lipinski definition) is 4. The van der Waals surface area contributed by atoms with Gasteiger partial charge < -0.3 is 20.9 Å². The fourth-order valence-electron chi connectivity index (χ4n) is 3.67. The minimum absolute atomic E-state index is 0.0809. The first-order valence-corrected chi connectivity index (χ1v) is 13.3. The molecular weight excluding hydrogens is 618 g/mol. The third-order valence-electron chi connectivity index (χ3n) is 5.64. The van der Waals surface area contributed by atoms with Gasteiger partial charge in [-0.2, -0.15) is 0 Å². The van der Waals surface area contributed by atoms with Gasteiger partial charge in [0.25, 0.3) is 5.91 Å². The molecular formula is C28H27Br2N3O5. The number of carbonyl (C=O) groups excluding carboxylic acids is 3. The number of rotatable bonds is 9. The van der Waals surface area contributed by atoms with Gasteiger partial charge >= 0.3 is 6.09 Å². The number of phenols is 1. The van der Waals surface area contributed by atoms with Crippen molar-refractivity contribution in [3.05, 3.63) is 99.0 Å². The van der Waals surface area contributed by atoms with Crippen LogP contribution in [-0.2, 0) is 9.53 Å². The van der Waals surface area contributed by atoms with Crippen LogP contribution in [0.3, 0.4) is 0 Å². The van der Waals surface area contributed by atoms with Crippen molar-refractivity contribution in [1.82, 2.24) is 5.32 Å². The molecule has 0 radical (unpaired) electrons. The average Bonchev–Trinajstić information content (AvgIpc) is 2.89. The average molecular weight is 645 g/mol. The predicted octanol–water partition coefficient (Wildman–Crippen LogP) is 6.72. The summed E-state index contributed by atoms with van der Waals surface area (Å²) in [6, 6.07) is 18.6. The van der Waals surface area contributed by atoms with Gasteiger partial charge in [0.15, 0.2) is 0 Å². The summed E-state index contributed by atoms with van der Waals surface area (Å²) in [5.41, 5.74) is 7.51. The number of halogens is 2. The number of allylic oxidation sites excluding steroid dienone is 1. The lowest BCUT2D eigenvalue weighted by Gasteiger charge is -2.25. The highest BCUT2D eigenvalue weighted by molar-refractivity contribution is 9.11. The number of nitrogens with one attached hydrogen (secondary N) is 2. The van der Waals surface area contributed by atoms with E-state index in [2.05, 4.69) is 42.5 Å². The van der Waals surface area contributed by atoms with E-state index in [1.54, 1.807) is 72.8 Å². The Hall–Kier alpha value is -3.63. The molecule has 8 nitrogen and oxygen atoms in total. The second-order valence-corrected chi connectivity index (χ2v) is 10.3. The number of ether oxygens (including phenoxy) is 1. The number of aromatic hydroxyl groups is 1. The van der Waals surface area contributed by atoms with E-state index in [-0.39, 0.29) is 17.6 Å². The Morgan fingerprint density at radius 3 is 2.45 bits per heavy atom. The Bertz CT molecular complexity index is 1330. The van der Waals surface area contributed by atoms with Gasteiger partial charge in [0.1, 0.15) is 11.9 Å². The second kappa shape index (κ2) is 13.8. The molecule has 0 spiro atoms. The number of hydrogen-bond acceptors (Lipinski definition) is 6. The predicted molar refractivity (Wildman–Crippen MR) is 154 cm³/mol. The fourth-order valence-corrected chi connectivity index (χ4v) is 4.93. The Kier molecular flexibility index (Phi) is 10.5. The van der Waals surface area contributed by atoms with Gasteiger partial charge in [0.05, 0.1) is 15.8 Å². The highest BCUT2D eigenvalue weighted by atomic mass is 79.9.